The number of hydrogen-bond donors (Lipinski definition) is 4. The fourth-order valence-corrected chi connectivity index (χ4v) is 5.57. The summed E-state index contributed by atoms with van der Waals surface area (Å²) in [5, 5.41) is 41.3. The van der Waals surface area contributed by atoms with E-state index in [-0.39, 0.29) is 35.0 Å². The van der Waals surface area contributed by atoms with Gasteiger partial charge in [-0.3, -0.25) is 0 Å². The highest BCUT2D eigenvalue weighted by Gasteiger charge is 2.29. The molecule has 1 heterocycles. The Balaban J connectivity index is 1.49. The van der Waals surface area contributed by atoms with E-state index in [1.807, 2.05) is 37.3 Å². The Labute approximate surface area is 233 Å². The topological polar surface area (TPSA) is 109 Å². The third-order valence-corrected chi connectivity index (χ3v) is 7.75. The molecule has 0 spiro atoms. The number of fused-ring (bicyclic) bond motifs is 1. The number of ether oxygens (including phenoxy) is 3. The van der Waals surface area contributed by atoms with Crippen molar-refractivity contribution in [3.63, 3.8) is 0 Å². The van der Waals surface area contributed by atoms with Crippen LogP contribution in [-0.4, -0.2) is 34.6 Å². The van der Waals surface area contributed by atoms with E-state index in [1.165, 1.54) is 7.11 Å². The van der Waals surface area contributed by atoms with Crippen LogP contribution < -0.4 is 14.2 Å². The Hall–Kier alpha value is -4.52. The van der Waals surface area contributed by atoms with E-state index in [0.29, 0.717) is 35.7 Å². The summed E-state index contributed by atoms with van der Waals surface area (Å²) in [6, 6.07) is 19.4. The molecular weight excluding hydrogens is 508 g/mol. The van der Waals surface area contributed by atoms with Gasteiger partial charge in [-0.15, -0.1) is 0 Å². The zero-order valence-electron chi connectivity index (χ0n) is 22.8. The van der Waals surface area contributed by atoms with Crippen LogP contribution in [0.25, 0.3) is 0 Å². The smallest absolute Gasteiger partial charge is 0.160 e. The van der Waals surface area contributed by atoms with Gasteiger partial charge < -0.3 is 34.6 Å². The molecule has 0 fully saturated rings. The minimum absolute atomic E-state index is 0.0751. The summed E-state index contributed by atoms with van der Waals surface area (Å²) in [6.45, 7) is 1.87. The number of hydrogen-bond acceptors (Lipinski definition) is 7. The second-order valence-electron chi connectivity index (χ2n) is 10.2. The lowest BCUT2D eigenvalue weighted by Crippen LogP contribution is -2.17. The number of phenolic OH excluding ortho intramolecular Hbond substituents is 4. The van der Waals surface area contributed by atoms with Crippen LogP contribution in [0.5, 0.6) is 40.2 Å². The predicted octanol–water partition coefficient (Wildman–Crippen LogP) is 6.67. The zero-order chi connectivity index (χ0) is 28.4. The number of aryl methyl sites for hydroxylation is 2. The van der Waals surface area contributed by atoms with Crippen LogP contribution in [0.3, 0.4) is 0 Å². The first-order valence-corrected chi connectivity index (χ1v) is 13.3. The van der Waals surface area contributed by atoms with Crippen molar-refractivity contribution in [1.29, 1.82) is 0 Å². The standard InChI is InChI=1S/C33H34O7/c1-19-32(37)27(16-23-9-15-29(40-33(19)23)22-8-14-28(36)31(17-22)39-3)26(20-4-10-24(34)11-5-20)13-7-21-6-12-25(35)18-30(21)38-2/h4-6,8,10-12,14,16-18,26,29,34-37H,7,9,13,15H2,1-3H3. The molecule has 7 nitrogen and oxygen atoms in total. The largest absolute Gasteiger partial charge is 0.508 e. The third kappa shape index (κ3) is 5.32. The Kier molecular flexibility index (Phi) is 7.65. The summed E-state index contributed by atoms with van der Waals surface area (Å²) in [6.07, 6.45) is 2.56. The minimum Gasteiger partial charge on any atom is -0.508 e. The maximum absolute atomic E-state index is 11.5. The molecule has 7 heteroatoms. The molecule has 0 radical (unpaired) electrons. The lowest BCUT2D eigenvalue weighted by Gasteiger charge is -2.30. The second kappa shape index (κ2) is 11.3. The molecule has 2 atom stereocenters. The third-order valence-electron chi connectivity index (χ3n) is 7.75. The quantitative estimate of drug-likeness (QED) is 0.197. The van der Waals surface area contributed by atoms with Crippen molar-refractivity contribution in [3.8, 4) is 40.2 Å². The second-order valence-corrected chi connectivity index (χ2v) is 10.2. The number of rotatable bonds is 8. The normalized spacial score (nSPS) is 15.1. The van der Waals surface area contributed by atoms with Crippen LogP contribution in [-0.2, 0) is 12.8 Å². The predicted molar refractivity (Wildman–Crippen MR) is 152 cm³/mol. The molecule has 0 bridgehead atoms. The van der Waals surface area contributed by atoms with Gasteiger partial charge in [0.05, 0.1) is 14.2 Å². The maximum atomic E-state index is 11.5. The Morgan fingerprint density at radius 1 is 0.850 bits per heavy atom. The van der Waals surface area contributed by atoms with Gasteiger partial charge in [0, 0.05) is 23.1 Å². The van der Waals surface area contributed by atoms with Crippen LogP contribution in [0, 0.1) is 6.92 Å². The summed E-state index contributed by atoms with van der Waals surface area (Å²) in [5.74, 6) is 2.09. The highest BCUT2D eigenvalue weighted by molar-refractivity contribution is 5.57. The molecule has 208 valence electrons. The van der Waals surface area contributed by atoms with Crippen LogP contribution in [0.1, 0.15) is 58.2 Å². The first-order chi connectivity index (χ1) is 19.3. The molecule has 1 aliphatic rings. The summed E-state index contributed by atoms with van der Waals surface area (Å²) < 4.78 is 17.2. The molecule has 0 saturated carbocycles. The van der Waals surface area contributed by atoms with Gasteiger partial charge in [0.15, 0.2) is 11.5 Å². The minimum atomic E-state index is -0.235. The van der Waals surface area contributed by atoms with E-state index in [1.54, 1.807) is 43.5 Å². The van der Waals surface area contributed by atoms with Crippen LogP contribution >= 0.6 is 0 Å². The number of aromatic hydroxyl groups is 4. The van der Waals surface area contributed by atoms with E-state index in [9.17, 15) is 20.4 Å². The Morgan fingerprint density at radius 2 is 1.57 bits per heavy atom. The number of benzene rings is 4. The molecule has 0 saturated heterocycles. The van der Waals surface area contributed by atoms with Crippen molar-refractivity contribution in [1.82, 2.24) is 0 Å². The monoisotopic (exact) mass is 542 g/mol. The number of phenols is 4. The van der Waals surface area contributed by atoms with Gasteiger partial charge in [-0.2, -0.15) is 0 Å². The van der Waals surface area contributed by atoms with Crippen molar-refractivity contribution in [2.45, 2.75) is 44.6 Å². The first-order valence-electron chi connectivity index (χ1n) is 13.3. The summed E-state index contributed by atoms with van der Waals surface area (Å²) in [4.78, 5) is 0. The lowest BCUT2D eigenvalue weighted by molar-refractivity contribution is 0.173. The summed E-state index contributed by atoms with van der Waals surface area (Å²) in [7, 11) is 3.09. The van der Waals surface area contributed by atoms with Gasteiger partial charge in [-0.05, 0) is 91.3 Å². The van der Waals surface area contributed by atoms with E-state index in [4.69, 9.17) is 14.2 Å². The van der Waals surface area contributed by atoms with Gasteiger partial charge in [-0.25, -0.2) is 0 Å². The molecule has 0 aliphatic carbocycles. The van der Waals surface area contributed by atoms with Gasteiger partial charge >= 0.3 is 0 Å². The van der Waals surface area contributed by atoms with Crippen LogP contribution in [0.15, 0.2) is 66.7 Å². The molecular formula is C33H34O7. The fourth-order valence-electron chi connectivity index (χ4n) is 5.57. The Bertz CT molecular complexity index is 1510. The van der Waals surface area contributed by atoms with Crippen molar-refractivity contribution in [3.05, 3.63) is 100 Å². The van der Waals surface area contributed by atoms with Crippen LogP contribution in [0.2, 0.25) is 0 Å². The molecule has 0 aromatic heterocycles. The number of methoxy groups -OCH3 is 2. The van der Waals surface area contributed by atoms with Gasteiger partial charge in [-0.1, -0.05) is 24.3 Å². The molecule has 4 aromatic carbocycles. The van der Waals surface area contributed by atoms with Gasteiger partial charge in [0.1, 0.15) is 34.9 Å². The van der Waals surface area contributed by atoms with Crippen molar-refractivity contribution in [2.75, 3.05) is 14.2 Å². The molecule has 40 heavy (non-hydrogen) atoms. The van der Waals surface area contributed by atoms with E-state index < -0.39 is 0 Å². The average Bonchev–Trinajstić information content (AvgIpc) is 2.97. The molecule has 0 amide bonds. The van der Waals surface area contributed by atoms with E-state index in [2.05, 4.69) is 0 Å². The molecule has 4 N–H and O–H groups in total. The van der Waals surface area contributed by atoms with Crippen molar-refractivity contribution < 1.29 is 34.6 Å². The summed E-state index contributed by atoms with van der Waals surface area (Å²) >= 11 is 0. The SMILES string of the molecule is COc1cc(C2CCc3cc(C(CCc4ccc(O)cc4OC)c4ccc(O)cc4)c(O)c(C)c3O2)ccc1O. The maximum Gasteiger partial charge on any atom is 0.160 e. The molecule has 4 aromatic rings. The van der Waals surface area contributed by atoms with Crippen LogP contribution in [0.4, 0.5) is 0 Å². The highest BCUT2D eigenvalue weighted by atomic mass is 16.5. The zero-order valence-corrected chi connectivity index (χ0v) is 22.8. The summed E-state index contributed by atoms with van der Waals surface area (Å²) in [5.41, 5.74) is 5.32. The molecule has 2 unspecified atom stereocenters. The molecule has 1 aliphatic heterocycles. The van der Waals surface area contributed by atoms with Crippen molar-refractivity contribution in [2.24, 2.45) is 0 Å². The average molecular weight is 543 g/mol. The van der Waals surface area contributed by atoms with Gasteiger partial charge in [0.25, 0.3) is 0 Å². The van der Waals surface area contributed by atoms with Gasteiger partial charge in [0.2, 0.25) is 0 Å². The highest BCUT2D eigenvalue weighted by Crippen LogP contribution is 2.47. The first kappa shape index (κ1) is 27.1. The van der Waals surface area contributed by atoms with E-state index in [0.717, 1.165) is 40.7 Å². The fraction of sp³-hybridized carbons (Fsp3) is 0.273. The van der Waals surface area contributed by atoms with Crippen molar-refractivity contribution >= 4 is 0 Å². The van der Waals surface area contributed by atoms with E-state index >= 15 is 0 Å². The Morgan fingerprint density at radius 3 is 2.30 bits per heavy atom. The molecule has 5 rings (SSSR count). The lowest BCUT2D eigenvalue weighted by atomic mass is 9.82.